The average molecular weight is 227 g/mol. The molecular weight excluding hydrogens is 218 g/mol. The van der Waals surface area contributed by atoms with Crippen molar-refractivity contribution in [3.8, 4) is 11.6 Å². The summed E-state index contributed by atoms with van der Waals surface area (Å²) in [5.41, 5.74) is 0.635. The van der Waals surface area contributed by atoms with Gasteiger partial charge in [0.1, 0.15) is 12.3 Å². The summed E-state index contributed by atoms with van der Waals surface area (Å²) in [7, 11) is 0. The molecule has 2 heterocycles. The van der Waals surface area contributed by atoms with E-state index in [0.717, 1.165) is 10.8 Å². The lowest BCUT2D eigenvalue weighted by molar-refractivity contribution is 0.264. The van der Waals surface area contributed by atoms with Crippen LogP contribution in [0, 0.1) is 0 Å². The van der Waals surface area contributed by atoms with Crippen LogP contribution in [0.2, 0.25) is 0 Å². The van der Waals surface area contributed by atoms with E-state index in [4.69, 9.17) is 9.63 Å². The highest BCUT2D eigenvalue weighted by atomic mass is 16.5. The van der Waals surface area contributed by atoms with Gasteiger partial charge in [0.2, 0.25) is 0 Å². The van der Waals surface area contributed by atoms with E-state index in [0.29, 0.717) is 11.6 Å². The molecule has 0 atom stereocenters. The molecule has 2 aromatic heterocycles. The third kappa shape index (κ3) is 1.66. The zero-order valence-corrected chi connectivity index (χ0v) is 8.87. The molecule has 0 spiro atoms. The van der Waals surface area contributed by atoms with Crippen molar-refractivity contribution in [2.45, 2.75) is 6.61 Å². The monoisotopic (exact) mass is 227 g/mol. The number of nitrogens with zero attached hydrogens (tertiary/aromatic N) is 3. The van der Waals surface area contributed by atoms with Gasteiger partial charge in [-0.3, -0.25) is 4.98 Å². The first-order valence-electron chi connectivity index (χ1n) is 5.16. The van der Waals surface area contributed by atoms with E-state index in [9.17, 15) is 0 Å². The van der Waals surface area contributed by atoms with Crippen molar-refractivity contribution in [2.75, 3.05) is 0 Å². The van der Waals surface area contributed by atoms with Gasteiger partial charge in [0.15, 0.2) is 5.82 Å². The number of benzene rings is 1. The van der Waals surface area contributed by atoms with Gasteiger partial charge in [0.25, 0.3) is 5.89 Å². The summed E-state index contributed by atoms with van der Waals surface area (Å²) >= 11 is 0. The van der Waals surface area contributed by atoms with Crippen molar-refractivity contribution in [2.24, 2.45) is 0 Å². The third-order valence-electron chi connectivity index (χ3n) is 2.49. The molecule has 17 heavy (non-hydrogen) atoms. The van der Waals surface area contributed by atoms with E-state index in [-0.39, 0.29) is 12.4 Å². The highest BCUT2D eigenvalue weighted by molar-refractivity contribution is 5.92. The molecular formula is C12H9N3O2. The molecule has 0 aliphatic heterocycles. The summed E-state index contributed by atoms with van der Waals surface area (Å²) in [5.74, 6) is 0.584. The normalized spacial score (nSPS) is 10.9. The molecule has 84 valence electrons. The predicted octanol–water partition coefficient (Wildman–Crippen LogP) is 1.78. The van der Waals surface area contributed by atoms with Crippen LogP contribution in [0.15, 0.2) is 41.1 Å². The summed E-state index contributed by atoms with van der Waals surface area (Å²) in [4.78, 5) is 8.31. The van der Waals surface area contributed by atoms with E-state index in [1.54, 1.807) is 6.20 Å². The van der Waals surface area contributed by atoms with Gasteiger partial charge in [-0.2, -0.15) is 4.98 Å². The topological polar surface area (TPSA) is 72.0 Å². The Labute approximate surface area is 96.7 Å². The summed E-state index contributed by atoms with van der Waals surface area (Å²) in [5, 5.41) is 14.6. The Kier molecular flexibility index (Phi) is 2.31. The summed E-state index contributed by atoms with van der Waals surface area (Å²) < 4.78 is 5.07. The number of hydrogen-bond acceptors (Lipinski definition) is 5. The molecule has 5 heteroatoms. The summed E-state index contributed by atoms with van der Waals surface area (Å²) in [6, 6.07) is 9.74. The molecule has 1 N–H and O–H groups in total. The van der Waals surface area contributed by atoms with E-state index < -0.39 is 0 Å². The fourth-order valence-corrected chi connectivity index (χ4v) is 1.70. The van der Waals surface area contributed by atoms with Gasteiger partial charge in [-0.25, -0.2) is 0 Å². The fourth-order valence-electron chi connectivity index (χ4n) is 1.70. The maximum Gasteiger partial charge on any atom is 0.277 e. The zero-order valence-electron chi connectivity index (χ0n) is 8.87. The van der Waals surface area contributed by atoms with Crippen molar-refractivity contribution in [3.63, 3.8) is 0 Å². The molecule has 0 fully saturated rings. The second-order valence-electron chi connectivity index (χ2n) is 3.55. The zero-order chi connectivity index (χ0) is 11.7. The maximum absolute atomic E-state index is 8.91. The first-order valence-corrected chi connectivity index (χ1v) is 5.16. The Morgan fingerprint density at radius 2 is 2.06 bits per heavy atom. The van der Waals surface area contributed by atoms with Crippen LogP contribution in [-0.4, -0.2) is 20.2 Å². The van der Waals surface area contributed by atoms with E-state index in [1.165, 1.54) is 0 Å². The van der Waals surface area contributed by atoms with Crippen molar-refractivity contribution < 1.29 is 9.63 Å². The first kappa shape index (κ1) is 9.92. The molecule has 3 rings (SSSR count). The van der Waals surface area contributed by atoms with Crippen molar-refractivity contribution in [1.82, 2.24) is 15.1 Å². The number of pyridine rings is 1. The Balaban J connectivity index is 2.23. The van der Waals surface area contributed by atoms with E-state index in [1.807, 2.05) is 30.3 Å². The standard InChI is InChI=1S/C12H9N3O2/c16-7-10-14-12(17-15-10)11-9-4-2-1-3-8(9)5-6-13-11/h1-6,16H,7H2. The van der Waals surface area contributed by atoms with Gasteiger partial charge in [-0.15, -0.1) is 0 Å². The van der Waals surface area contributed by atoms with Crippen LogP contribution in [0.4, 0.5) is 0 Å². The molecule has 1 aromatic carbocycles. The third-order valence-corrected chi connectivity index (χ3v) is 2.49. The number of aliphatic hydroxyl groups is 1. The highest BCUT2D eigenvalue weighted by Gasteiger charge is 2.12. The molecule has 0 amide bonds. The largest absolute Gasteiger partial charge is 0.388 e. The number of rotatable bonds is 2. The van der Waals surface area contributed by atoms with Gasteiger partial charge in [-0.1, -0.05) is 29.4 Å². The van der Waals surface area contributed by atoms with Gasteiger partial charge in [0.05, 0.1) is 0 Å². The van der Waals surface area contributed by atoms with E-state index in [2.05, 4.69) is 15.1 Å². The summed E-state index contributed by atoms with van der Waals surface area (Å²) in [6.45, 7) is -0.242. The molecule has 0 unspecified atom stereocenters. The van der Waals surface area contributed by atoms with Crippen LogP contribution in [0.5, 0.6) is 0 Å². The average Bonchev–Trinajstić information content (AvgIpc) is 2.87. The van der Waals surface area contributed by atoms with Crippen molar-refractivity contribution >= 4 is 10.8 Å². The van der Waals surface area contributed by atoms with E-state index >= 15 is 0 Å². The first-order chi connectivity index (χ1) is 8.38. The lowest BCUT2D eigenvalue weighted by Gasteiger charge is -2.00. The number of fused-ring (bicyclic) bond motifs is 1. The predicted molar refractivity (Wildman–Crippen MR) is 61.0 cm³/mol. The quantitative estimate of drug-likeness (QED) is 0.722. The molecule has 0 aliphatic carbocycles. The Hall–Kier alpha value is -2.27. The lowest BCUT2D eigenvalue weighted by Crippen LogP contribution is -1.88. The molecule has 0 bridgehead atoms. The minimum Gasteiger partial charge on any atom is -0.388 e. The number of hydrogen-bond donors (Lipinski definition) is 1. The molecule has 0 radical (unpaired) electrons. The lowest BCUT2D eigenvalue weighted by atomic mass is 10.1. The number of aliphatic hydroxyl groups excluding tert-OH is 1. The fraction of sp³-hybridized carbons (Fsp3) is 0.0833. The Morgan fingerprint density at radius 1 is 1.18 bits per heavy atom. The molecule has 0 saturated carbocycles. The smallest absolute Gasteiger partial charge is 0.277 e. The second kappa shape index (κ2) is 3.95. The minimum atomic E-state index is -0.242. The van der Waals surface area contributed by atoms with Crippen LogP contribution in [0.25, 0.3) is 22.4 Å². The van der Waals surface area contributed by atoms with Gasteiger partial charge >= 0.3 is 0 Å². The Morgan fingerprint density at radius 3 is 2.88 bits per heavy atom. The number of aromatic nitrogens is 3. The maximum atomic E-state index is 8.91. The van der Waals surface area contributed by atoms with Crippen LogP contribution < -0.4 is 0 Å². The Bertz CT molecular complexity index is 658. The molecule has 5 nitrogen and oxygen atoms in total. The van der Waals surface area contributed by atoms with Crippen molar-refractivity contribution in [1.29, 1.82) is 0 Å². The van der Waals surface area contributed by atoms with Crippen LogP contribution in [-0.2, 0) is 6.61 Å². The minimum absolute atomic E-state index is 0.242. The van der Waals surface area contributed by atoms with Crippen molar-refractivity contribution in [3.05, 3.63) is 42.4 Å². The molecule has 0 saturated heterocycles. The van der Waals surface area contributed by atoms with Crippen LogP contribution >= 0.6 is 0 Å². The molecule has 3 aromatic rings. The summed E-state index contributed by atoms with van der Waals surface area (Å²) in [6.07, 6.45) is 1.69. The van der Waals surface area contributed by atoms with Gasteiger partial charge < -0.3 is 9.63 Å². The SMILES string of the molecule is OCc1noc(-c2nccc3ccccc23)n1. The molecule has 0 aliphatic rings. The van der Waals surface area contributed by atoms with Gasteiger partial charge in [-0.05, 0) is 11.5 Å². The van der Waals surface area contributed by atoms with Crippen LogP contribution in [0.1, 0.15) is 5.82 Å². The van der Waals surface area contributed by atoms with Gasteiger partial charge in [0, 0.05) is 11.6 Å². The second-order valence-corrected chi connectivity index (χ2v) is 3.55. The highest BCUT2D eigenvalue weighted by Crippen LogP contribution is 2.24. The van der Waals surface area contributed by atoms with Crippen LogP contribution in [0.3, 0.4) is 0 Å².